The minimum Gasteiger partial charge on any atom is -0.490 e. The predicted molar refractivity (Wildman–Crippen MR) is 123 cm³/mol. The van der Waals surface area contributed by atoms with Gasteiger partial charge in [0.25, 0.3) is 0 Å². The van der Waals surface area contributed by atoms with Crippen LogP contribution in [-0.2, 0) is 25.4 Å². The summed E-state index contributed by atoms with van der Waals surface area (Å²) in [5.41, 5.74) is -0.0632. The molecule has 3 heterocycles. The maximum Gasteiger partial charge on any atom is 0.219 e. The zero-order chi connectivity index (χ0) is 24.0. The molecule has 3 rings (SSSR count). The van der Waals surface area contributed by atoms with Gasteiger partial charge < -0.3 is 29.0 Å². The van der Waals surface area contributed by atoms with Gasteiger partial charge in [-0.2, -0.15) is 0 Å². The van der Waals surface area contributed by atoms with E-state index in [-0.39, 0.29) is 24.8 Å². The first-order chi connectivity index (χ1) is 15.8. The Balaban J connectivity index is 1.74. The van der Waals surface area contributed by atoms with Gasteiger partial charge in [-0.25, -0.2) is 4.90 Å². The fourth-order valence-electron chi connectivity index (χ4n) is 4.90. The minimum absolute atomic E-state index is 0.0371. The van der Waals surface area contributed by atoms with Gasteiger partial charge in [-0.1, -0.05) is 13.8 Å². The number of carbonyl (C=O) groups excluding carboxylic acids is 1. The number of hydrogen-bond donors (Lipinski definition) is 1. The number of ether oxygens (including phenoxy) is 4. The number of likely N-dealkylation sites (tertiary alicyclic amines) is 2. The van der Waals surface area contributed by atoms with Crippen LogP contribution in [0.15, 0.2) is 18.3 Å². The van der Waals surface area contributed by atoms with Crippen LogP contribution in [0.5, 0.6) is 5.75 Å². The van der Waals surface area contributed by atoms with E-state index in [1.165, 1.54) is 0 Å². The molecule has 0 aliphatic carbocycles. The Hall–Kier alpha value is -1.78. The van der Waals surface area contributed by atoms with Crippen LogP contribution in [-0.4, -0.2) is 90.6 Å². The smallest absolute Gasteiger partial charge is 0.219 e. The van der Waals surface area contributed by atoms with Crippen molar-refractivity contribution in [3.63, 3.8) is 0 Å². The van der Waals surface area contributed by atoms with Crippen LogP contribution in [0.2, 0.25) is 0 Å². The molecule has 2 saturated heterocycles. The first-order valence-electron chi connectivity index (χ1n) is 11.7. The summed E-state index contributed by atoms with van der Waals surface area (Å²) in [6, 6.07) is 3.74. The van der Waals surface area contributed by atoms with Crippen LogP contribution in [0, 0.1) is 5.92 Å². The second kappa shape index (κ2) is 11.6. The number of rotatable bonds is 11. The molecule has 186 valence electrons. The molecular weight excluding hydrogens is 426 g/mol. The van der Waals surface area contributed by atoms with Gasteiger partial charge in [-0.05, 0) is 18.4 Å². The number of hydrogen-bond acceptors (Lipinski definition) is 8. The number of pyridine rings is 1. The van der Waals surface area contributed by atoms with Gasteiger partial charge in [0.15, 0.2) is 0 Å². The van der Waals surface area contributed by atoms with Gasteiger partial charge >= 0.3 is 0 Å². The van der Waals surface area contributed by atoms with E-state index >= 15 is 0 Å². The lowest BCUT2D eigenvalue weighted by Gasteiger charge is -2.60. The highest BCUT2D eigenvalue weighted by Gasteiger charge is 2.61. The molecule has 2 aliphatic heterocycles. The van der Waals surface area contributed by atoms with Gasteiger partial charge in [0.05, 0.1) is 0 Å². The molecule has 3 atom stereocenters. The fraction of sp³-hybridized carbons (Fsp3) is 0.750. The molecule has 1 unspecified atom stereocenters. The minimum atomic E-state index is -0.850. The zero-order valence-electron chi connectivity index (χ0n) is 20.5. The third-order valence-corrected chi connectivity index (χ3v) is 6.57. The second-order valence-electron chi connectivity index (χ2n) is 9.44. The molecule has 1 amide bonds. The molecule has 2 aliphatic rings. The third kappa shape index (κ3) is 6.02. The number of piperidine rings is 1. The van der Waals surface area contributed by atoms with Crippen molar-refractivity contribution in [1.82, 2.24) is 14.8 Å². The Labute approximate surface area is 197 Å². The molecule has 2 fully saturated rings. The van der Waals surface area contributed by atoms with E-state index in [1.54, 1.807) is 27.3 Å². The topological polar surface area (TPSA) is 93.6 Å². The van der Waals surface area contributed by atoms with Crippen molar-refractivity contribution >= 4 is 5.91 Å². The van der Waals surface area contributed by atoms with Crippen molar-refractivity contribution in [3.05, 3.63) is 24.0 Å². The number of nitrogens with zero attached hydrogens (tertiary/aromatic N) is 3. The fourth-order valence-corrected chi connectivity index (χ4v) is 4.90. The van der Waals surface area contributed by atoms with Crippen molar-refractivity contribution in [1.29, 1.82) is 0 Å². The largest absolute Gasteiger partial charge is 0.490 e. The number of aliphatic hydroxyl groups excluding tert-OH is 1. The quantitative estimate of drug-likeness (QED) is 0.496. The monoisotopic (exact) mass is 465 g/mol. The summed E-state index contributed by atoms with van der Waals surface area (Å²) < 4.78 is 22.9. The van der Waals surface area contributed by atoms with Crippen molar-refractivity contribution < 1.29 is 28.8 Å². The van der Waals surface area contributed by atoms with Crippen LogP contribution in [0.3, 0.4) is 0 Å². The highest BCUT2D eigenvalue weighted by molar-refractivity contribution is 5.73. The SMILES string of the molecule is COCO[C@@]1(Cc2cc(OC3CCN(C(C)=O)CC3)ccn2)C(O)N(COC)[C@H]1CC(C)C. The highest BCUT2D eigenvalue weighted by atomic mass is 16.7. The van der Waals surface area contributed by atoms with Crippen LogP contribution >= 0.6 is 0 Å². The molecule has 0 bridgehead atoms. The zero-order valence-corrected chi connectivity index (χ0v) is 20.5. The van der Waals surface area contributed by atoms with Gasteiger partial charge in [-0.15, -0.1) is 0 Å². The molecule has 9 heteroatoms. The number of amides is 1. The molecule has 0 aromatic carbocycles. The normalized spacial score (nSPS) is 26.5. The number of methoxy groups -OCH3 is 2. The number of aromatic nitrogens is 1. The van der Waals surface area contributed by atoms with E-state index < -0.39 is 11.8 Å². The van der Waals surface area contributed by atoms with Gasteiger partial charge in [0, 0.05) is 77.5 Å². The molecule has 0 spiro atoms. The number of aliphatic hydroxyl groups is 1. The van der Waals surface area contributed by atoms with E-state index in [2.05, 4.69) is 18.8 Å². The average Bonchev–Trinajstić information content (AvgIpc) is 2.79. The van der Waals surface area contributed by atoms with Gasteiger partial charge in [0.1, 0.15) is 37.2 Å². The maximum atomic E-state index is 11.6. The van der Waals surface area contributed by atoms with Crippen LogP contribution in [0.4, 0.5) is 0 Å². The lowest BCUT2D eigenvalue weighted by molar-refractivity contribution is -0.332. The second-order valence-corrected chi connectivity index (χ2v) is 9.44. The Bertz CT molecular complexity index is 770. The van der Waals surface area contributed by atoms with E-state index in [4.69, 9.17) is 18.9 Å². The Kier molecular flexibility index (Phi) is 9.06. The summed E-state index contributed by atoms with van der Waals surface area (Å²) >= 11 is 0. The van der Waals surface area contributed by atoms with Crippen molar-refractivity contribution in [2.75, 3.05) is 40.8 Å². The highest BCUT2D eigenvalue weighted by Crippen LogP contribution is 2.44. The lowest BCUT2D eigenvalue weighted by atomic mass is 9.74. The standard InChI is InChI=1S/C24H39N3O6/c1-17(2)12-22-24(32-16-31-5,23(29)27(22)15-30-4)14-19-13-21(6-9-25-19)33-20-7-10-26(11-8-20)18(3)28/h6,9,13,17,20,22-23,29H,7-8,10-12,14-16H2,1-5H3/t22-,23?,24+/m0/s1. The summed E-state index contributed by atoms with van der Waals surface area (Å²) in [6.07, 6.45) is 3.84. The Morgan fingerprint density at radius 1 is 1.27 bits per heavy atom. The first-order valence-corrected chi connectivity index (χ1v) is 11.7. The van der Waals surface area contributed by atoms with Crippen molar-refractivity contribution in [2.45, 2.75) is 70.4 Å². The van der Waals surface area contributed by atoms with Crippen molar-refractivity contribution in [2.24, 2.45) is 5.92 Å². The molecule has 0 saturated carbocycles. The molecule has 1 aromatic rings. The summed E-state index contributed by atoms with van der Waals surface area (Å²) in [4.78, 5) is 19.9. The average molecular weight is 466 g/mol. The third-order valence-electron chi connectivity index (χ3n) is 6.57. The van der Waals surface area contributed by atoms with Gasteiger partial charge in [-0.3, -0.25) is 9.78 Å². The molecular formula is C24H39N3O6. The summed E-state index contributed by atoms with van der Waals surface area (Å²) in [6.45, 7) is 7.74. The summed E-state index contributed by atoms with van der Waals surface area (Å²) in [7, 11) is 3.20. The maximum absolute atomic E-state index is 11.6. The summed E-state index contributed by atoms with van der Waals surface area (Å²) in [5.74, 6) is 1.26. The van der Waals surface area contributed by atoms with Gasteiger partial charge in [0.2, 0.25) is 5.91 Å². The first kappa shape index (κ1) is 25.8. The molecule has 1 N–H and O–H groups in total. The van der Waals surface area contributed by atoms with Crippen molar-refractivity contribution in [3.8, 4) is 5.75 Å². The Morgan fingerprint density at radius 3 is 2.61 bits per heavy atom. The number of carbonyl (C=O) groups is 1. The predicted octanol–water partition coefficient (Wildman–Crippen LogP) is 2.03. The molecule has 33 heavy (non-hydrogen) atoms. The summed E-state index contributed by atoms with van der Waals surface area (Å²) in [5, 5.41) is 11.1. The molecule has 0 radical (unpaired) electrons. The Morgan fingerprint density at radius 2 is 2.00 bits per heavy atom. The van der Waals surface area contributed by atoms with E-state index in [0.717, 1.165) is 30.7 Å². The van der Waals surface area contributed by atoms with Crippen LogP contribution in [0.25, 0.3) is 0 Å². The van der Waals surface area contributed by atoms with E-state index in [9.17, 15) is 9.90 Å². The lowest BCUT2D eigenvalue weighted by Crippen LogP contribution is -2.78. The molecule has 9 nitrogen and oxygen atoms in total. The van der Waals surface area contributed by atoms with Crippen LogP contribution < -0.4 is 4.74 Å². The molecule has 1 aromatic heterocycles. The van der Waals surface area contributed by atoms with Crippen LogP contribution in [0.1, 0.15) is 45.7 Å². The van der Waals surface area contributed by atoms with E-state index in [1.807, 2.05) is 21.9 Å². The van der Waals surface area contributed by atoms with E-state index in [0.29, 0.717) is 32.2 Å².